The fourth-order valence-electron chi connectivity index (χ4n) is 2.78. The van der Waals surface area contributed by atoms with Crippen LogP contribution in [0, 0.1) is 6.92 Å². The van der Waals surface area contributed by atoms with Crippen LogP contribution in [0.5, 0.6) is 0 Å². The number of hydrogen-bond donors (Lipinski definition) is 1. The molecule has 0 aromatic carbocycles. The fourth-order valence-corrected chi connectivity index (χ4v) is 3.55. The number of aryl methyl sites for hydroxylation is 1. The Hall–Kier alpha value is -1.27. The molecule has 1 saturated heterocycles. The van der Waals surface area contributed by atoms with Crippen LogP contribution in [-0.4, -0.2) is 28.2 Å². The Balaban J connectivity index is 1.78. The first-order chi connectivity index (χ1) is 9.72. The van der Waals surface area contributed by atoms with E-state index in [1.54, 1.807) is 11.3 Å². The van der Waals surface area contributed by atoms with Crippen molar-refractivity contribution in [1.29, 1.82) is 0 Å². The summed E-state index contributed by atoms with van der Waals surface area (Å²) >= 11 is 1.65. The molecule has 20 heavy (non-hydrogen) atoms. The van der Waals surface area contributed by atoms with E-state index < -0.39 is 0 Å². The van der Waals surface area contributed by atoms with E-state index in [0.717, 1.165) is 54.8 Å². The molecule has 3 heterocycles. The average molecular weight is 292 g/mol. The average Bonchev–Trinajstić information content (AvgIpc) is 3.10. The minimum Gasteiger partial charge on any atom is -0.339 e. The van der Waals surface area contributed by atoms with Gasteiger partial charge in [-0.2, -0.15) is 4.98 Å². The van der Waals surface area contributed by atoms with E-state index in [0.29, 0.717) is 6.42 Å². The molecule has 1 aliphatic heterocycles. The predicted octanol–water partition coefficient (Wildman–Crippen LogP) is 2.46. The van der Waals surface area contributed by atoms with Crippen molar-refractivity contribution in [1.82, 2.24) is 20.4 Å². The molecular formula is C14H20N4OS. The number of nitrogens with one attached hydrogen (secondary N) is 1. The van der Waals surface area contributed by atoms with Crippen molar-refractivity contribution < 1.29 is 4.52 Å². The SMILES string of the molecule is CCC1(c2nc(Cc3nc(C)cs3)no2)CCNCC1. The van der Waals surface area contributed by atoms with Crippen molar-refractivity contribution in [3.05, 3.63) is 27.8 Å². The number of piperidine rings is 1. The van der Waals surface area contributed by atoms with Crippen LogP contribution in [0.1, 0.15) is 48.6 Å². The second kappa shape index (κ2) is 5.61. The summed E-state index contributed by atoms with van der Waals surface area (Å²) < 4.78 is 5.57. The zero-order chi connectivity index (χ0) is 14.0. The van der Waals surface area contributed by atoms with Crippen molar-refractivity contribution in [2.24, 2.45) is 0 Å². The highest BCUT2D eigenvalue weighted by Gasteiger charge is 2.37. The molecular weight excluding hydrogens is 272 g/mol. The molecule has 1 aliphatic rings. The van der Waals surface area contributed by atoms with Crippen LogP contribution >= 0.6 is 11.3 Å². The predicted molar refractivity (Wildman–Crippen MR) is 78.0 cm³/mol. The molecule has 0 bridgehead atoms. The summed E-state index contributed by atoms with van der Waals surface area (Å²) in [6.45, 7) is 6.26. The number of thiazole rings is 1. The van der Waals surface area contributed by atoms with Gasteiger partial charge >= 0.3 is 0 Å². The topological polar surface area (TPSA) is 63.8 Å². The summed E-state index contributed by atoms with van der Waals surface area (Å²) in [6.07, 6.45) is 3.86. The molecule has 0 amide bonds. The maximum Gasteiger partial charge on any atom is 0.232 e. The van der Waals surface area contributed by atoms with E-state index in [9.17, 15) is 0 Å². The van der Waals surface area contributed by atoms with Gasteiger partial charge in [0, 0.05) is 11.1 Å². The smallest absolute Gasteiger partial charge is 0.232 e. The van der Waals surface area contributed by atoms with Gasteiger partial charge < -0.3 is 9.84 Å². The molecule has 2 aromatic heterocycles. The Bertz CT molecular complexity index is 571. The van der Waals surface area contributed by atoms with E-state index in [-0.39, 0.29) is 5.41 Å². The van der Waals surface area contributed by atoms with Crippen molar-refractivity contribution >= 4 is 11.3 Å². The van der Waals surface area contributed by atoms with Crippen LogP contribution in [0.15, 0.2) is 9.90 Å². The minimum atomic E-state index is 0.0648. The third-order valence-corrected chi connectivity index (χ3v) is 5.10. The highest BCUT2D eigenvalue weighted by molar-refractivity contribution is 7.09. The molecule has 0 aliphatic carbocycles. The maximum absolute atomic E-state index is 5.57. The molecule has 2 aromatic rings. The zero-order valence-corrected chi connectivity index (χ0v) is 12.8. The first kappa shape index (κ1) is 13.7. The first-order valence-electron chi connectivity index (χ1n) is 7.17. The van der Waals surface area contributed by atoms with E-state index in [1.807, 2.05) is 6.92 Å². The molecule has 0 radical (unpaired) electrons. The molecule has 1 N–H and O–H groups in total. The lowest BCUT2D eigenvalue weighted by atomic mass is 9.76. The van der Waals surface area contributed by atoms with E-state index in [4.69, 9.17) is 4.52 Å². The Morgan fingerprint density at radius 3 is 2.80 bits per heavy atom. The molecule has 6 heteroatoms. The van der Waals surface area contributed by atoms with Gasteiger partial charge in [-0.25, -0.2) is 4.98 Å². The monoisotopic (exact) mass is 292 g/mol. The largest absolute Gasteiger partial charge is 0.339 e. The summed E-state index contributed by atoms with van der Waals surface area (Å²) in [4.78, 5) is 9.09. The van der Waals surface area contributed by atoms with Crippen molar-refractivity contribution in [2.45, 2.75) is 44.9 Å². The number of nitrogens with zero attached hydrogens (tertiary/aromatic N) is 3. The Kier molecular flexibility index (Phi) is 3.85. The highest BCUT2D eigenvalue weighted by Crippen LogP contribution is 2.35. The number of rotatable bonds is 4. The molecule has 0 saturated carbocycles. The van der Waals surface area contributed by atoms with Crippen LogP contribution in [0.2, 0.25) is 0 Å². The molecule has 0 unspecified atom stereocenters. The van der Waals surface area contributed by atoms with Gasteiger partial charge in [0.15, 0.2) is 5.82 Å². The van der Waals surface area contributed by atoms with Crippen molar-refractivity contribution in [3.8, 4) is 0 Å². The summed E-state index contributed by atoms with van der Waals surface area (Å²) in [6, 6.07) is 0. The second-order valence-electron chi connectivity index (χ2n) is 5.46. The lowest BCUT2D eigenvalue weighted by Gasteiger charge is -2.33. The Morgan fingerprint density at radius 1 is 1.35 bits per heavy atom. The zero-order valence-electron chi connectivity index (χ0n) is 12.0. The van der Waals surface area contributed by atoms with E-state index in [2.05, 4.69) is 32.7 Å². The van der Waals surface area contributed by atoms with Gasteiger partial charge in [0.25, 0.3) is 0 Å². The molecule has 1 fully saturated rings. The summed E-state index contributed by atoms with van der Waals surface area (Å²) in [5, 5.41) is 10.6. The van der Waals surface area contributed by atoms with E-state index >= 15 is 0 Å². The maximum atomic E-state index is 5.57. The molecule has 0 spiro atoms. The van der Waals surface area contributed by atoms with Crippen molar-refractivity contribution in [3.63, 3.8) is 0 Å². The second-order valence-corrected chi connectivity index (χ2v) is 6.40. The quantitative estimate of drug-likeness (QED) is 0.938. The number of hydrogen-bond acceptors (Lipinski definition) is 6. The minimum absolute atomic E-state index is 0.0648. The summed E-state index contributed by atoms with van der Waals surface area (Å²) in [5.41, 5.74) is 1.12. The Labute approximate surface area is 122 Å². The molecule has 5 nitrogen and oxygen atoms in total. The lowest BCUT2D eigenvalue weighted by molar-refractivity contribution is 0.216. The molecule has 3 rings (SSSR count). The molecule has 108 valence electrons. The van der Waals surface area contributed by atoms with Crippen LogP contribution in [0.4, 0.5) is 0 Å². The highest BCUT2D eigenvalue weighted by atomic mass is 32.1. The normalized spacial score (nSPS) is 18.3. The molecule has 0 atom stereocenters. The fraction of sp³-hybridized carbons (Fsp3) is 0.643. The van der Waals surface area contributed by atoms with Gasteiger partial charge in [-0.15, -0.1) is 11.3 Å². The first-order valence-corrected chi connectivity index (χ1v) is 8.04. The summed E-state index contributed by atoms with van der Waals surface area (Å²) in [7, 11) is 0. The van der Waals surface area contributed by atoms with Gasteiger partial charge in [-0.3, -0.25) is 0 Å². The van der Waals surface area contributed by atoms with Crippen molar-refractivity contribution in [2.75, 3.05) is 13.1 Å². The van der Waals surface area contributed by atoms with E-state index in [1.165, 1.54) is 0 Å². The van der Waals surface area contributed by atoms with Gasteiger partial charge in [0.2, 0.25) is 5.89 Å². The Morgan fingerprint density at radius 2 is 2.15 bits per heavy atom. The van der Waals surface area contributed by atoms with Crippen LogP contribution in [0.25, 0.3) is 0 Å². The van der Waals surface area contributed by atoms with Gasteiger partial charge in [-0.1, -0.05) is 12.1 Å². The number of aromatic nitrogens is 3. The van der Waals surface area contributed by atoms with Crippen LogP contribution < -0.4 is 5.32 Å². The van der Waals surface area contributed by atoms with Gasteiger partial charge in [0.1, 0.15) is 5.01 Å². The third kappa shape index (κ3) is 2.62. The lowest BCUT2D eigenvalue weighted by Crippen LogP contribution is -2.39. The van der Waals surface area contributed by atoms with Gasteiger partial charge in [-0.05, 0) is 39.3 Å². The van der Waals surface area contributed by atoms with Gasteiger partial charge in [0.05, 0.1) is 11.8 Å². The standard InChI is InChI=1S/C14H20N4OS/c1-3-14(4-6-15-7-5-14)13-17-11(18-19-13)8-12-16-10(2)9-20-12/h9,15H,3-8H2,1-2H3. The third-order valence-electron chi connectivity index (χ3n) is 4.14. The van der Waals surface area contributed by atoms with Crippen LogP contribution in [-0.2, 0) is 11.8 Å². The van der Waals surface area contributed by atoms with Crippen LogP contribution in [0.3, 0.4) is 0 Å². The summed E-state index contributed by atoms with van der Waals surface area (Å²) in [5.74, 6) is 1.56.